The molecule has 6 heteroatoms. The molecule has 0 saturated carbocycles. The maximum atomic E-state index is 5.59. The molecule has 0 saturated heterocycles. The van der Waals surface area contributed by atoms with Gasteiger partial charge in [-0.2, -0.15) is 0 Å². The van der Waals surface area contributed by atoms with Crippen LogP contribution in [0.5, 0.6) is 0 Å². The molecule has 1 aromatic rings. The number of methoxy groups -OCH3 is 1. The molecule has 0 N–H and O–H groups in total. The summed E-state index contributed by atoms with van der Waals surface area (Å²) in [5.74, 6) is 0.572. The summed E-state index contributed by atoms with van der Waals surface area (Å²) in [7, 11) is 1.65. The van der Waals surface area contributed by atoms with Gasteiger partial charge in [0.05, 0.1) is 32.1 Å². The summed E-state index contributed by atoms with van der Waals surface area (Å²) < 4.78 is 11.9. The van der Waals surface area contributed by atoms with Crippen molar-refractivity contribution in [3.05, 3.63) is 11.9 Å². The highest BCUT2D eigenvalue weighted by molar-refractivity contribution is 6.17. The Balaban J connectivity index is 2.14. The molecule has 15 heavy (non-hydrogen) atoms. The third-order valence-corrected chi connectivity index (χ3v) is 2.02. The van der Waals surface area contributed by atoms with Crippen molar-refractivity contribution in [3.8, 4) is 0 Å². The third kappa shape index (κ3) is 5.11. The second kappa shape index (κ2) is 7.62. The largest absolute Gasteiger partial charge is 0.382 e. The second-order valence-corrected chi connectivity index (χ2v) is 3.40. The van der Waals surface area contributed by atoms with E-state index < -0.39 is 0 Å². The number of halogens is 1. The van der Waals surface area contributed by atoms with Crippen molar-refractivity contribution in [3.63, 3.8) is 0 Å². The van der Waals surface area contributed by atoms with Gasteiger partial charge in [0.25, 0.3) is 0 Å². The molecule has 0 spiro atoms. The Labute approximate surface area is 94.3 Å². The molecule has 0 unspecified atom stereocenters. The topological polar surface area (TPSA) is 49.2 Å². The van der Waals surface area contributed by atoms with Gasteiger partial charge >= 0.3 is 0 Å². The number of aryl methyl sites for hydroxylation is 1. The molecule has 0 fully saturated rings. The maximum Gasteiger partial charge on any atom is 0.0839 e. The highest BCUT2D eigenvalue weighted by Crippen LogP contribution is 1.96. The van der Waals surface area contributed by atoms with Crippen molar-refractivity contribution in [1.29, 1.82) is 0 Å². The van der Waals surface area contributed by atoms with Gasteiger partial charge in [-0.1, -0.05) is 5.21 Å². The van der Waals surface area contributed by atoms with E-state index in [0.29, 0.717) is 32.2 Å². The lowest BCUT2D eigenvalue weighted by Gasteiger charge is -2.02. The fraction of sp³-hybridized carbons (Fsp3) is 0.778. The second-order valence-electron chi connectivity index (χ2n) is 3.02. The van der Waals surface area contributed by atoms with E-state index >= 15 is 0 Å². The molecule has 0 atom stereocenters. The maximum absolute atomic E-state index is 5.59. The molecule has 1 aromatic heterocycles. The van der Waals surface area contributed by atoms with Crippen molar-refractivity contribution in [2.24, 2.45) is 0 Å². The van der Waals surface area contributed by atoms with E-state index in [2.05, 4.69) is 10.3 Å². The molecule has 5 nitrogen and oxygen atoms in total. The Morgan fingerprint density at radius 1 is 1.40 bits per heavy atom. The van der Waals surface area contributed by atoms with Gasteiger partial charge < -0.3 is 9.47 Å². The average Bonchev–Trinajstić information content (AvgIpc) is 2.66. The molecule has 86 valence electrons. The van der Waals surface area contributed by atoms with Crippen LogP contribution in [0.3, 0.4) is 0 Å². The number of hydrogen-bond donors (Lipinski definition) is 0. The predicted molar refractivity (Wildman–Crippen MR) is 57.1 cm³/mol. The lowest BCUT2D eigenvalue weighted by Crippen LogP contribution is -2.09. The van der Waals surface area contributed by atoms with E-state index in [1.54, 1.807) is 11.8 Å². The van der Waals surface area contributed by atoms with E-state index in [1.165, 1.54) is 0 Å². The zero-order valence-corrected chi connectivity index (χ0v) is 9.61. The molecule has 0 aliphatic heterocycles. The summed E-state index contributed by atoms with van der Waals surface area (Å²) in [6.07, 6.45) is 2.65. The van der Waals surface area contributed by atoms with Crippen LogP contribution in [-0.4, -0.2) is 47.8 Å². The average molecular weight is 234 g/mol. The van der Waals surface area contributed by atoms with Crippen LogP contribution in [0.2, 0.25) is 0 Å². The van der Waals surface area contributed by atoms with Crippen LogP contribution in [0.15, 0.2) is 6.20 Å². The summed E-state index contributed by atoms with van der Waals surface area (Å²) in [5, 5.41) is 7.92. The van der Waals surface area contributed by atoms with Gasteiger partial charge in [-0.25, -0.2) is 4.68 Å². The highest BCUT2D eigenvalue weighted by Gasteiger charge is 1.99. The van der Waals surface area contributed by atoms with E-state index in [9.17, 15) is 0 Å². The summed E-state index contributed by atoms with van der Waals surface area (Å²) >= 11 is 5.59. The van der Waals surface area contributed by atoms with Crippen LogP contribution in [0.25, 0.3) is 0 Å². The van der Waals surface area contributed by atoms with Gasteiger partial charge in [-0.15, -0.1) is 16.7 Å². The lowest BCUT2D eigenvalue weighted by atomic mass is 10.4. The first-order valence-corrected chi connectivity index (χ1v) is 5.42. The van der Waals surface area contributed by atoms with Crippen LogP contribution in [-0.2, 0) is 22.4 Å². The van der Waals surface area contributed by atoms with Crippen molar-refractivity contribution in [1.82, 2.24) is 15.0 Å². The molecule has 0 aromatic carbocycles. The summed E-state index contributed by atoms with van der Waals surface area (Å²) in [6, 6.07) is 0. The Morgan fingerprint density at radius 2 is 2.27 bits per heavy atom. The standard InChI is InChI=1S/C9H16ClN3O2/c1-14-6-7-15-5-4-13-8-9(2-3-10)11-12-13/h8H,2-7H2,1H3. The number of hydrogen-bond acceptors (Lipinski definition) is 4. The molecule has 1 rings (SSSR count). The zero-order chi connectivity index (χ0) is 10.9. The van der Waals surface area contributed by atoms with Gasteiger partial charge in [0.1, 0.15) is 0 Å². The fourth-order valence-corrected chi connectivity index (χ4v) is 1.26. The minimum absolute atomic E-state index is 0.572. The van der Waals surface area contributed by atoms with Crippen molar-refractivity contribution in [2.75, 3.05) is 32.8 Å². The van der Waals surface area contributed by atoms with Gasteiger partial charge in [0.2, 0.25) is 0 Å². The van der Waals surface area contributed by atoms with Gasteiger partial charge in [0.15, 0.2) is 0 Å². The molecule has 1 heterocycles. The van der Waals surface area contributed by atoms with Crippen LogP contribution in [0.1, 0.15) is 5.69 Å². The third-order valence-electron chi connectivity index (χ3n) is 1.83. The first-order chi connectivity index (χ1) is 7.36. The van der Waals surface area contributed by atoms with Crippen LogP contribution in [0.4, 0.5) is 0 Å². The Bertz CT molecular complexity index is 268. The molecular formula is C9H16ClN3O2. The number of nitrogens with zero attached hydrogens (tertiary/aromatic N) is 3. The molecule has 0 amide bonds. The van der Waals surface area contributed by atoms with Crippen molar-refractivity contribution in [2.45, 2.75) is 13.0 Å². The molecule has 0 bridgehead atoms. The van der Waals surface area contributed by atoms with E-state index in [4.69, 9.17) is 21.1 Å². The minimum atomic E-state index is 0.572. The van der Waals surface area contributed by atoms with Crippen molar-refractivity contribution < 1.29 is 9.47 Å². The highest BCUT2D eigenvalue weighted by atomic mass is 35.5. The Kier molecular flexibility index (Phi) is 6.31. The van der Waals surface area contributed by atoms with E-state index in [1.807, 2.05) is 6.20 Å². The summed E-state index contributed by atoms with van der Waals surface area (Å²) in [6.45, 7) is 2.56. The van der Waals surface area contributed by atoms with Crippen LogP contribution in [0, 0.1) is 0 Å². The summed E-state index contributed by atoms with van der Waals surface area (Å²) in [4.78, 5) is 0. The van der Waals surface area contributed by atoms with E-state index in [0.717, 1.165) is 12.1 Å². The first kappa shape index (κ1) is 12.4. The zero-order valence-electron chi connectivity index (χ0n) is 8.86. The van der Waals surface area contributed by atoms with Gasteiger partial charge in [-0.3, -0.25) is 0 Å². The number of ether oxygens (including phenoxy) is 2. The molecule has 0 radical (unpaired) electrons. The number of rotatable bonds is 8. The Hall–Kier alpha value is -0.650. The van der Waals surface area contributed by atoms with Crippen molar-refractivity contribution >= 4 is 11.6 Å². The van der Waals surface area contributed by atoms with Crippen LogP contribution < -0.4 is 0 Å². The van der Waals surface area contributed by atoms with Gasteiger partial charge in [-0.05, 0) is 0 Å². The van der Waals surface area contributed by atoms with Crippen LogP contribution >= 0.6 is 11.6 Å². The number of aromatic nitrogens is 3. The lowest BCUT2D eigenvalue weighted by molar-refractivity contribution is 0.0652. The quantitative estimate of drug-likeness (QED) is 0.491. The predicted octanol–water partition coefficient (Wildman–Crippen LogP) is 0.722. The first-order valence-electron chi connectivity index (χ1n) is 4.88. The van der Waals surface area contributed by atoms with Gasteiger partial charge in [0, 0.05) is 25.6 Å². The summed E-state index contributed by atoms with van der Waals surface area (Å²) in [5.41, 5.74) is 0.918. The monoisotopic (exact) mass is 233 g/mol. The molecule has 0 aliphatic carbocycles. The molecular weight excluding hydrogens is 218 g/mol. The smallest absolute Gasteiger partial charge is 0.0839 e. The normalized spacial score (nSPS) is 10.8. The minimum Gasteiger partial charge on any atom is -0.382 e. The number of alkyl halides is 1. The molecule has 0 aliphatic rings. The van der Waals surface area contributed by atoms with E-state index in [-0.39, 0.29) is 0 Å². The SMILES string of the molecule is COCCOCCn1cc(CCCl)nn1. The fourth-order valence-electron chi connectivity index (χ4n) is 1.06. The Morgan fingerprint density at radius 3 is 3.00 bits per heavy atom.